The predicted molar refractivity (Wildman–Crippen MR) is 90.8 cm³/mol. The van der Waals surface area contributed by atoms with Crippen LogP contribution in [-0.2, 0) is 14.3 Å². The molecule has 136 valence electrons. The van der Waals surface area contributed by atoms with Crippen LogP contribution in [0, 0.1) is 5.92 Å². The molecule has 0 aromatic carbocycles. The summed E-state index contributed by atoms with van der Waals surface area (Å²) in [6, 6.07) is 1.72. The average molecular weight is 367 g/mol. The minimum absolute atomic E-state index is 0.225. The van der Waals surface area contributed by atoms with Gasteiger partial charge in [0.15, 0.2) is 6.10 Å². The normalized spacial score (nSPS) is 18.0. The third kappa shape index (κ3) is 4.56. The van der Waals surface area contributed by atoms with Crippen LogP contribution in [0.1, 0.15) is 36.4 Å². The molecule has 1 aliphatic rings. The monoisotopic (exact) mass is 367 g/mol. The second kappa shape index (κ2) is 8.11. The summed E-state index contributed by atoms with van der Waals surface area (Å²) in [5, 5.41) is 3.71. The highest BCUT2D eigenvalue weighted by molar-refractivity contribution is 7.12. The first-order valence-corrected chi connectivity index (χ1v) is 8.84. The minimum Gasteiger partial charge on any atom is -0.450 e. The first-order chi connectivity index (χ1) is 11.8. The molecule has 3 N–H and O–H groups in total. The summed E-state index contributed by atoms with van der Waals surface area (Å²) in [6.45, 7) is 3.82. The lowest BCUT2D eigenvalue weighted by Gasteiger charge is -2.26. The second-order valence-electron chi connectivity index (χ2n) is 6.09. The highest BCUT2D eigenvalue weighted by atomic mass is 32.1. The van der Waals surface area contributed by atoms with Crippen molar-refractivity contribution >= 4 is 35.2 Å². The number of ether oxygens (including phenoxy) is 1. The number of urea groups is 1. The van der Waals surface area contributed by atoms with Crippen LogP contribution in [0.5, 0.6) is 0 Å². The molecular formula is C16H21N3O5S. The van der Waals surface area contributed by atoms with Crippen LogP contribution >= 0.6 is 11.3 Å². The van der Waals surface area contributed by atoms with Gasteiger partial charge in [-0.1, -0.05) is 19.9 Å². The van der Waals surface area contributed by atoms with Crippen LogP contribution in [0.4, 0.5) is 4.79 Å². The van der Waals surface area contributed by atoms with Crippen LogP contribution in [0.2, 0.25) is 0 Å². The van der Waals surface area contributed by atoms with Crippen molar-refractivity contribution in [1.82, 2.24) is 10.2 Å². The number of hydrogen-bond donors (Lipinski definition) is 2. The van der Waals surface area contributed by atoms with Crippen molar-refractivity contribution in [2.45, 2.75) is 38.8 Å². The third-order valence-electron chi connectivity index (χ3n) is 3.87. The van der Waals surface area contributed by atoms with Crippen LogP contribution in [0.15, 0.2) is 17.5 Å². The molecule has 1 saturated heterocycles. The molecule has 2 rings (SSSR count). The number of hydrogen-bond acceptors (Lipinski definition) is 6. The van der Waals surface area contributed by atoms with Gasteiger partial charge in [-0.2, -0.15) is 0 Å². The molecule has 2 heterocycles. The van der Waals surface area contributed by atoms with Gasteiger partial charge in [0, 0.05) is 6.54 Å². The Morgan fingerprint density at radius 2 is 2.08 bits per heavy atom. The van der Waals surface area contributed by atoms with Crippen LogP contribution in [0.3, 0.4) is 0 Å². The molecule has 0 bridgehead atoms. The molecule has 8 nitrogen and oxygen atoms in total. The Kier molecular flexibility index (Phi) is 6.13. The Morgan fingerprint density at radius 3 is 2.64 bits per heavy atom. The van der Waals surface area contributed by atoms with E-state index >= 15 is 0 Å². The van der Waals surface area contributed by atoms with Gasteiger partial charge in [0.2, 0.25) is 0 Å². The number of nitrogens with zero attached hydrogens (tertiary/aromatic N) is 1. The van der Waals surface area contributed by atoms with E-state index in [9.17, 15) is 19.2 Å². The predicted octanol–water partition coefficient (Wildman–Crippen LogP) is 1.12. The fraction of sp³-hybridized carbons (Fsp3) is 0.500. The van der Waals surface area contributed by atoms with Crippen molar-refractivity contribution in [3.05, 3.63) is 22.4 Å². The third-order valence-corrected chi connectivity index (χ3v) is 4.73. The summed E-state index contributed by atoms with van der Waals surface area (Å²) >= 11 is 1.30. The first kappa shape index (κ1) is 18.9. The Morgan fingerprint density at radius 1 is 1.36 bits per heavy atom. The molecule has 9 heteroatoms. The molecule has 0 aliphatic carbocycles. The van der Waals surface area contributed by atoms with Crippen LogP contribution in [0.25, 0.3) is 0 Å². The molecule has 0 radical (unpaired) electrons. The standard InChI is InChI=1S/C16H21N3O5S/c1-9(2)12(13(20)18-16(17)23)24-15(22)10-5-3-7-19(10)14(21)11-6-4-8-25-11/h4,6,8-10,12H,3,5,7H2,1-2H3,(H3,17,18,20,23)/t10-,12-/m0/s1. The fourth-order valence-corrected chi connectivity index (χ4v) is 3.36. The molecule has 1 aliphatic heterocycles. The molecule has 0 saturated carbocycles. The van der Waals surface area contributed by atoms with Gasteiger partial charge in [-0.3, -0.25) is 14.9 Å². The largest absolute Gasteiger partial charge is 0.450 e. The van der Waals surface area contributed by atoms with E-state index in [0.717, 1.165) is 0 Å². The van der Waals surface area contributed by atoms with Crippen molar-refractivity contribution < 1.29 is 23.9 Å². The number of carbonyl (C=O) groups is 4. The van der Waals surface area contributed by atoms with E-state index in [1.54, 1.807) is 31.4 Å². The average Bonchev–Trinajstić information content (AvgIpc) is 3.21. The first-order valence-electron chi connectivity index (χ1n) is 7.96. The van der Waals surface area contributed by atoms with E-state index in [4.69, 9.17) is 10.5 Å². The molecule has 1 fully saturated rings. The summed E-state index contributed by atoms with van der Waals surface area (Å²) < 4.78 is 5.31. The molecule has 1 aromatic rings. The summed E-state index contributed by atoms with van der Waals surface area (Å²) in [7, 11) is 0. The van der Waals surface area contributed by atoms with E-state index in [-0.39, 0.29) is 11.8 Å². The number of nitrogens with one attached hydrogen (secondary N) is 1. The van der Waals surface area contributed by atoms with Gasteiger partial charge < -0.3 is 15.4 Å². The number of carbonyl (C=O) groups excluding carboxylic acids is 4. The summed E-state index contributed by atoms with van der Waals surface area (Å²) in [4.78, 5) is 49.9. The summed E-state index contributed by atoms with van der Waals surface area (Å²) in [6.07, 6.45) is -0.00571. The number of thiophene rings is 1. The van der Waals surface area contributed by atoms with Crippen LogP contribution < -0.4 is 11.1 Å². The number of likely N-dealkylation sites (tertiary alicyclic amines) is 1. The van der Waals surface area contributed by atoms with Crippen molar-refractivity contribution in [2.75, 3.05) is 6.54 Å². The number of esters is 1. The molecule has 2 atom stereocenters. The lowest BCUT2D eigenvalue weighted by Crippen LogP contribution is -2.48. The van der Waals surface area contributed by atoms with Crippen molar-refractivity contribution in [1.29, 1.82) is 0 Å². The van der Waals surface area contributed by atoms with Crippen molar-refractivity contribution in [3.63, 3.8) is 0 Å². The molecule has 1 aromatic heterocycles. The zero-order valence-electron chi connectivity index (χ0n) is 14.1. The maximum Gasteiger partial charge on any atom is 0.329 e. The highest BCUT2D eigenvalue weighted by Crippen LogP contribution is 2.24. The molecule has 0 spiro atoms. The van der Waals surface area contributed by atoms with Gasteiger partial charge in [-0.25, -0.2) is 9.59 Å². The highest BCUT2D eigenvalue weighted by Gasteiger charge is 2.38. The Bertz CT molecular complexity index is 659. The SMILES string of the molecule is CC(C)[C@H](OC(=O)[C@@H]1CCCN1C(=O)c1cccs1)C(=O)NC(N)=O. The van der Waals surface area contributed by atoms with E-state index in [0.29, 0.717) is 24.3 Å². The lowest BCUT2D eigenvalue weighted by atomic mass is 10.1. The number of primary amides is 1. The van der Waals surface area contributed by atoms with Crippen molar-refractivity contribution in [3.8, 4) is 0 Å². The van der Waals surface area contributed by atoms with Gasteiger partial charge in [-0.15, -0.1) is 11.3 Å². The van der Waals surface area contributed by atoms with E-state index in [1.165, 1.54) is 16.2 Å². The molecular weight excluding hydrogens is 346 g/mol. The zero-order chi connectivity index (χ0) is 18.6. The van der Waals surface area contributed by atoms with Gasteiger partial charge in [0.1, 0.15) is 6.04 Å². The number of amides is 4. The molecule has 0 unspecified atom stereocenters. The summed E-state index contributed by atoms with van der Waals surface area (Å²) in [5.74, 6) is -2.01. The van der Waals surface area contributed by atoms with Gasteiger partial charge >= 0.3 is 12.0 Å². The Balaban J connectivity index is 2.08. The number of imide groups is 1. The number of rotatable bonds is 5. The van der Waals surface area contributed by atoms with Gasteiger partial charge in [-0.05, 0) is 30.2 Å². The lowest BCUT2D eigenvalue weighted by molar-refractivity contribution is -0.161. The topological polar surface area (TPSA) is 119 Å². The summed E-state index contributed by atoms with van der Waals surface area (Å²) in [5.41, 5.74) is 4.94. The van der Waals surface area contributed by atoms with E-state index in [2.05, 4.69) is 0 Å². The number of nitrogens with two attached hydrogens (primary N) is 1. The second-order valence-corrected chi connectivity index (χ2v) is 7.04. The zero-order valence-corrected chi connectivity index (χ0v) is 14.9. The molecule has 25 heavy (non-hydrogen) atoms. The Hall–Kier alpha value is -2.42. The minimum atomic E-state index is -1.15. The smallest absolute Gasteiger partial charge is 0.329 e. The maximum absolute atomic E-state index is 12.5. The van der Waals surface area contributed by atoms with E-state index in [1.807, 2.05) is 5.32 Å². The van der Waals surface area contributed by atoms with E-state index < -0.39 is 30.1 Å². The quantitative estimate of drug-likeness (QED) is 0.756. The van der Waals surface area contributed by atoms with Crippen LogP contribution in [-0.4, -0.2) is 47.4 Å². The maximum atomic E-state index is 12.5. The molecule has 4 amide bonds. The van der Waals surface area contributed by atoms with Gasteiger partial charge in [0.25, 0.3) is 11.8 Å². The Labute approximate surface area is 149 Å². The van der Waals surface area contributed by atoms with Gasteiger partial charge in [0.05, 0.1) is 4.88 Å². The van der Waals surface area contributed by atoms with Crippen molar-refractivity contribution in [2.24, 2.45) is 11.7 Å². The fourth-order valence-electron chi connectivity index (χ4n) is 2.69.